The van der Waals surface area contributed by atoms with Crippen molar-refractivity contribution in [1.29, 1.82) is 0 Å². The first-order valence-electron chi connectivity index (χ1n) is 3.00. The maximum absolute atomic E-state index is 3.81. The van der Waals surface area contributed by atoms with Crippen LogP contribution in [0.25, 0.3) is 0 Å². The molecule has 1 heteroatoms. The van der Waals surface area contributed by atoms with Gasteiger partial charge in [0.05, 0.1) is 0 Å². The van der Waals surface area contributed by atoms with Crippen LogP contribution in [0.4, 0.5) is 0 Å². The molecule has 0 aromatic rings. The van der Waals surface area contributed by atoms with Gasteiger partial charge in [-0.25, -0.2) is 0 Å². The molecule has 0 heterocycles. The molecule has 0 aromatic heterocycles. The summed E-state index contributed by atoms with van der Waals surface area (Å²) in [6.07, 6.45) is 4.15. The van der Waals surface area contributed by atoms with Gasteiger partial charge in [-0.3, -0.25) is 4.99 Å². The van der Waals surface area contributed by atoms with Gasteiger partial charge in [-0.05, 0) is 19.6 Å². The maximum Gasteiger partial charge on any atom is 0.0353 e. The second-order valence-electron chi connectivity index (χ2n) is 1.62. The van der Waals surface area contributed by atoms with Crippen LogP contribution < -0.4 is 0 Å². The summed E-state index contributed by atoms with van der Waals surface area (Å²) in [4.78, 5) is 3.81. The molecule has 0 radical (unpaired) electrons. The zero-order valence-corrected chi connectivity index (χ0v) is 5.65. The molecule has 0 aromatic carbocycles. The van der Waals surface area contributed by atoms with Crippen molar-refractivity contribution in [1.82, 2.24) is 0 Å². The molecule has 0 spiro atoms. The van der Waals surface area contributed by atoms with E-state index in [0.29, 0.717) is 0 Å². The van der Waals surface area contributed by atoms with E-state index in [1.165, 1.54) is 0 Å². The molecular formula is C7H13N. The second kappa shape index (κ2) is 4.57. The SMILES string of the molecule is C=N/C(=C/CC)CC. The lowest BCUT2D eigenvalue weighted by molar-refractivity contribution is 1.04. The summed E-state index contributed by atoms with van der Waals surface area (Å²) < 4.78 is 0. The van der Waals surface area contributed by atoms with Gasteiger partial charge in [-0.1, -0.05) is 19.9 Å². The van der Waals surface area contributed by atoms with Gasteiger partial charge in [0.15, 0.2) is 0 Å². The summed E-state index contributed by atoms with van der Waals surface area (Å²) in [5.74, 6) is 0. The van der Waals surface area contributed by atoms with Crippen molar-refractivity contribution in [3.8, 4) is 0 Å². The normalized spacial score (nSPS) is 11.5. The van der Waals surface area contributed by atoms with Crippen LogP contribution in [-0.4, -0.2) is 6.72 Å². The highest BCUT2D eigenvalue weighted by atomic mass is 14.7. The van der Waals surface area contributed by atoms with E-state index < -0.39 is 0 Å². The molecule has 1 nitrogen and oxygen atoms in total. The Morgan fingerprint density at radius 2 is 2.25 bits per heavy atom. The lowest BCUT2D eigenvalue weighted by atomic mass is 10.3. The third-order valence-electron chi connectivity index (χ3n) is 1.01. The van der Waals surface area contributed by atoms with Crippen LogP contribution in [0.3, 0.4) is 0 Å². The van der Waals surface area contributed by atoms with Gasteiger partial charge in [0, 0.05) is 5.70 Å². The van der Waals surface area contributed by atoms with Crippen LogP contribution >= 0.6 is 0 Å². The van der Waals surface area contributed by atoms with Gasteiger partial charge in [-0.15, -0.1) is 0 Å². The molecule has 0 aliphatic rings. The smallest absolute Gasteiger partial charge is 0.0353 e. The second-order valence-corrected chi connectivity index (χ2v) is 1.62. The summed E-state index contributed by atoms with van der Waals surface area (Å²) in [6.45, 7) is 7.61. The van der Waals surface area contributed by atoms with E-state index in [4.69, 9.17) is 0 Å². The standard InChI is InChI=1S/C7H13N/c1-4-6-7(5-2)8-3/h6H,3-5H2,1-2H3/b7-6+. The third-order valence-corrected chi connectivity index (χ3v) is 1.01. The summed E-state index contributed by atoms with van der Waals surface area (Å²) in [5.41, 5.74) is 1.10. The Hall–Kier alpha value is -0.590. The Morgan fingerprint density at radius 3 is 2.38 bits per heavy atom. The molecule has 0 atom stereocenters. The van der Waals surface area contributed by atoms with E-state index in [0.717, 1.165) is 18.5 Å². The minimum Gasteiger partial charge on any atom is -0.269 e. The zero-order chi connectivity index (χ0) is 6.41. The van der Waals surface area contributed by atoms with E-state index in [1.807, 2.05) is 0 Å². The fraction of sp³-hybridized carbons (Fsp3) is 0.571. The summed E-state index contributed by atoms with van der Waals surface area (Å²) in [6, 6.07) is 0. The van der Waals surface area contributed by atoms with Gasteiger partial charge in [0.25, 0.3) is 0 Å². The highest BCUT2D eigenvalue weighted by Gasteiger charge is 1.82. The van der Waals surface area contributed by atoms with Crippen LogP contribution in [0, 0.1) is 0 Å². The summed E-state index contributed by atoms with van der Waals surface area (Å²) in [5, 5.41) is 0. The van der Waals surface area contributed by atoms with Crippen LogP contribution in [-0.2, 0) is 0 Å². The molecular weight excluding hydrogens is 98.1 g/mol. The van der Waals surface area contributed by atoms with E-state index in [-0.39, 0.29) is 0 Å². The van der Waals surface area contributed by atoms with E-state index in [2.05, 4.69) is 31.6 Å². The minimum atomic E-state index is 0.997. The molecule has 0 N–H and O–H groups in total. The van der Waals surface area contributed by atoms with Crippen LogP contribution in [0.5, 0.6) is 0 Å². The van der Waals surface area contributed by atoms with Crippen molar-refractivity contribution in [3.63, 3.8) is 0 Å². The number of hydrogen-bond acceptors (Lipinski definition) is 1. The lowest BCUT2D eigenvalue weighted by Gasteiger charge is -1.90. The van der Waals surface area contributed by atoms with Crippen molar-refractivity contribution in [3.05, 3.63) is 11.8 Å². The molecule has 0 bridgehead atoms. The minimum absolute atomic E-state index is 0.997. The number of hydrogen-bond donors (Lipinski definition) is 0. The predicted molar refractivity (Wildman–Crippen MR) is 38.2 cm³/mol. The Bertz CT molecular complexity index is 92.6. The Balaban J connectivity index is 3.66. The molecule has 0 saturated carbocycles. The van der Waals surface area contributed by atoms with Gasteiger partial charge in [0.1, 0.15) is 0 Å². The average Bonchev–Trinajstić information content (AvgIpc) is 1.83. The fourth-order valence-corrected chi connectivity index (χ4v) is 0.556. The zero-order valence-electron chi connectivity index (χ0n) is 5.65. The molecule has 0 aliphatic heterocycles. The number of nitrogens with zero attached hydrogens (tertiary/aromatic N) is 1. The molecule has 0 rings (SSSR count). The van der Waals surface area contributed by atoms with E-state index >= 15 is 0 Å². The Kier molecular flexibility index (Phi) is 4.23. The topological polar surface area (TPSA) is 12.4 Å². The largest absolute Gasteiger partial charge is 0.269 e. The average molecular weight is 111 g/mol. The van der Waals surface area contributed by atoms with Crippen LogP contribution in [0.2, 0.25) is 0 Å². The van der Waals surface area contributed by atoms with Gasteiger partial charge in [0.2, 0.25) is 0 Å². The van der Waals surface area contributed by atoms with Crippen LogP contribution in [0.1, 0.15) is 26.7 Å². The Labute approximate surface area is 51.1 Å². The fourth-order valence-electron chi connectivity index (χ4n) is 0.556. The number of allylic oxidation sites excluding steroid dienone is 2. The number of rotatable bonds is 3. The van der Waals surface area contributed by atoms with E-state index in [1.54, 1.807) is 0 Å². The molecule has 46 valence electrons. The molecule has 0 fully saturated rings. The molecule has 0 aliphatic carbocycles. The van der Waals surface area contributed by atoms with Crippen LogP contribution in [0.15, 0.2) is 16.8 Å². The quantitative estimate of drug-likeness (QED) is 0.496. The highest BCUT2D eigenvalue weighted by Crippen LogP contribution is 2.00. The van der Waals surface area contributed by atoms with Gasteiger partial charge < -0.3 is 0 Å². The first kappa shape index (κ1) is 7.41. The summed E-state index contributed by atoms with van der Waals surface area (Å²) >= 11 is 0. The summed E-state index contributed by atoms with van der Waals surface area (Å²) in [7, 11) is 0. The first-order valence-corrected chi connectivity index (χ1v) is 3.00. The van der Waals surface area contributed by atoms with Crippen molar-refractivity contribution in [2.24, 2.45) is 4.99 Å². The molecule has 0 amide bonds. The van der Waals surface area contributed by atoms with Gasteiger partial charge in [-0.2, -0.15) is 0 Å². The van der Waals surface area contributed by atoms with Crippen molar-refractivity contribution >= 4 is 6.72 Å². The van der Waals surface area contributed by atoms with E-state index in [9.17, 15) is 0 Å². The monoisotopic (exact) mass is 111 g/mol. The van der Waals surface area contributed by atoms with Gasteiger partial charge >= 0.3 is 0 Å². The van der Waals surface area contributed by atoms with Crippen molar-refractivity contribution in [2.45, 2.75) is 26.7 Å². The first-order chi connectivity index (χ1) is 3.85. The Morgan fingerprint density at radius 1 is 1.62 bits per heavy atom. The van der Waals surface area contributed by atoms with Crippen molar-refractivity contribution < 1.29 is 0 Å². The highest BCUT2D eigenvalue weighted by molar-refractivity contribution is 5.28. The third kappa shape index (κ3) is 2.56. The number of aliphatic imine (C=N–C) groups is 1. The molecule has 0 unspecified atom stereocenters. The maximum atomic E-state index is 3.81. The lowest BCUT2D eigenvalue weighted by Crippen LogP contribution is -1.71. The van der Waals surface area contributed by atoms with Crippen molar-refractivity contribution in [2.75, 3.05) is 0 Å². The predicted octanol–water partition coefficient (Wildman–Crippen LogP) is 2.39. The molecule has 8 heavy (non-hydrogen) atoms. The molecule has 0 saturated heterocycles.